The second kappa shape index (κ2) is 5.42. The van der Waals surface area contributed by atoms with Crippen LogP contribution in [-0.4, -0.2) is 4.57 Å². The van der Waals surface area contributed by atoms with E-state index >= 15 is 0 Å². The summed E-state index contributed by atoms with van der Waals surface area (Å²) in [4.78, 5) is 11.3. The summed E-state index contributed by atoms with van der Waals surface area (Å²) >= 11 is 6.83. The summed E-state index contributed by atoms with van der Waals surface area (Å²) in [5.74, 6) is -0.718. The topological polar surface area (TPSA) is 35.1 Å². The summed E-state index contributed by atoms with van der Waals surface area (Å²) in [5.41, 5.74) is 2.88. The number of hydrogen-bond donors (Lipinski definition) is 0. The van der Waals surface area contributed by atoms with Crippen molar-refractivity contribution in [3.63, 3.8) is 0 Å². The van der Waals surface area contributed by atoms with Crippen LogP contribution in [0, 0.1) is 5.82 Å². The highest BCUT2D eigenvalue weighted by Crippen LogP contribution is 2.37. The van der Waals surface area contributed by atoms with E-state index in [0.29, 0.717) is 10.1 Å². The van der Waals surface area contributed by atoms with Crippen LogP contribution in [0.4, 0.5) is 4.39 Å². The van der Waals surface area contributed by atoms with Gasteiger partial charge in [-0.05, 0) is 45.3 Å². The van der Waals surface area contributed by atoms with E-state index in [1.165, 1.54) is 10.6 Å². The van der Waals surface area contributed by atoms with Gasteiger partial charge in [-0.2, -0.15) is 0 Å². The van der Waals surface area contributed by atoms with Crippen LogP contribution in [-0.2, 0) is 7.05 Å². The van der Waals surface area contributed by atoms with E-state index in [1.807, 2.05) is 18.2 Å². The summed E-state index contributed by atoms with van der Waals surface area (Å²) in [6.45, 7) is 0. The van der Waals surface area contributed by atoms with Crippen molar-refractivity contribution in [3.8, 4) is 0 Å². The number of halogens is 3. The zero-order valence-electron chi connectivity index (χ0n) is 10.9. The van der Waals surface area contributed by atoms with Gasteiger partial charge in [0, 0.05) is 7.05 Å². The van der Waals surface area contributed by atoms with Gasteiger partial charge in [0.1, 0.15) is 5.82 Å². The maximum Gasteiger partial charge on any atom is 0.419 e. The van der Waals surface area contributed by atoms with Crippen LogP contribution in [0.15, 0.2) is 50.1 Å². The minimum atomic E-state index is -0.403. The minimum absolute atomic E-state index is 0.211. The molecule has 6 heteroatoms. The molecule has 0 spiro atoms. The number of fused-ring (bicyclic) bond motifs is 1. The lowest BCUT2D eigenvalue weighted by atomic mass is 10.0. The van der Waals surface area contributed by atoms with Crippen LogP contribution >= 0.6 is 31.9 Å². The molecule has 108 valence electrons. The van der Waals surface area contributed by atoms with Gasteiger partial charge in [0.25, 0.3) is 0 Å². The average Bonchev–Trinajstić information content (AvgIpc) is 2.76. The summed E-state index contributed by atoms with van der Waals surface area (Å²) in [5, 5.41) is 0. The molecule has 3 rings (SSSR count). The number of aryl methyl sites for hydroxylation is 1. The van der Waals surface area contributed by atoms with Gasteiger partial charge in [-0.15, -0.1) is 0 Å². The molecule has 3 nitrogen and oxygen atoms in total. The number of rotatable bonds is 2. The van der Waals surface area contributed by atoms with Crippen molar-refractivity contribution < 1.29 is 8.81 Å². The molecule has 1 unspecified atom stereocenters. The van der Waals surface area contributed by atoms with Gasteiger partial charge in [-0.3, -0.25) is 4.57 Å². The molecule has 1 heterocycles. The molecule has 1 aromatic heterocycles. The van der Waals surface area contributed by atoms with Crippen molar-refractivity contribution in [1.29, 1.82) is 0 Å². The highest BCUT2D eigenvalue weighted by molar-refractivity contribution is 9.11. The van der Waals surface area contributed by atoms with E-state index in [0.717, 1.165) is 16.6 Å². The molecule has 0 aliphatic heterocycles. The predicted octanol–water partition coefficient (Wildman–Crippen LogP) is 4.52. The highest BCUT2D eigenvalue weighted by atomic mass is 79.9. The van der Waals surface area contributed by atoms with Gasteiger partial charge in [-0.1, -0.05) is 34.1 Å². The largest absolute Gasteiger partial charge is 0.419 e. The SMILES string of the molecule is Cn1c(=O)oc2cc(C(Br)c3cccc(F)c3Br)ccc21. The second-order valence-electron chi connectivity index (χ2n) is 4.66. The Balaban J connectivity index is 2.11. The summed E-state index contributed by atoms with van der Waals surface area (Å²) in [6, 6.07) is 10.4. The molecule has 0 radical (unpaired) electrons. The number of nitrogens with zero attached hydrogens (tertiary/aromatic N) is 1. The number of alkyl halides is 1. The van der Waals surface area contributed by atoms with E-state index < -0.39 is 5.76 Å². The molecule has 2 aromatic carbocycles. The van der Waals surface area contributed by atoms with Gasteiger partial charge in [0.2, 0.25) is 0 Å². The molecule has 1 atom stereocenters. The normalized spacial score (nSPS) is 12.8. The Labute approximate surface area is 136 Å². The molecular formula is C15H10Br2FNO2. The van der Waals surface area contributed by atoms with Crippen LogP contribution in [0.1, 0.15) is 16.0 Å². The van der Waals surface area contributed by atoms with Crippen molar-refractivity contribution in [2.75, 3.05) is 0 Å². The van der Waals surface area contributed by atoms with E-state index in [-0.39, 0.29) is 10.6 Å². The Hall–Kier alpha value is -1.40. The van der Waals surface area contributed by atoms with Crippen molar-refractivity contribution >= 4 is 43.0 Å². The van der Waals surface area contributed by atoms with Gasteiger partial charge < -0.3 is 4.42 Å². The molecule has 0 amide bonds. The smallest absolute Gasteiger partial charge is 0.408 e. The second-order valence-corrected chi connectivity index (χ2v) is 6.37. The molecule has 0 bridgehead atoms. The van der Waals surface area contributed by atoms with Gasteiger partial charge >= 0.3 is 5.76 Å². The Kier molecular flexibility index (Phi) is 3.75. The third-order valence-corrected chi connectivity index (χ3v) is 5.22. The van der Waals surface area contributed by atoms with Crippen LogP contribution in [0.2, 0.25) is 0 Å². The van der Waals surface area contributed by atoms with E-state index in [4.69, 9.17) is 4.42 Å². The summed E-state index contributed by atoms with van der Waals surface area (Å²) in [7, 11) is 1.66. The van der Waals surface area contributed by atoms with Crippen molar-refractivity contribution in [2.24, 2.45) is 7.05 Å². The zero-order valence-corrected chi connectivity index (χ0v) is 14.1. The maximum absolute atomic E-state index is 13.6. The Morgan fingerprint density at radius 3 is 2.81 bits per heavy atom. The predicted molar refractivity (Wildman–Crippen MR) is 86.3 cm³/mol. The van der Waals surface area contributed by atoms with Crippen LogP contribution < -0.4 is 5.76 Å². The first kappa shape index (κ1) is 14.5. The fourth-order valence-corrected chi connectivity index (χ4v) is 3.67. The first-order valence-electron chi connectivity index (χ1n) is 6.16. The standard InChI is InChI=1S/C15H10Br2FNO2/c1-19-11-6-5-8(7-12(11)21-15(19)20)13(16)9-3-2-4-10(18)14(9)17/h2-7,13H,1H3. The lowest BCUT2D eigenvalue weighted by Crippen LogP contribution is -2.08. The summed E-state index contributed by atoms with van der Waals surface area (Å²) < 4.78 is 20.7. The monoisotopic (exact) mass is 413 g/mol. The molecule has 0 aliphatic carbocycles. The number of benzene rings is 2. The lowest BCUT2D eigenvalue weighted by molar-refractivity contribution is 0.528. The van der Waals surface area contributed by atoms with E-state index in [1.54, 1.807) is 19.2 Å². The van der Waals surface area contributed by atoms with Gasteiger partial charge in [-0.25, -0.2) is 9.18 Å². The molecule has 0 aliphatic rings. The van der Waals surface area contributed by atoms with Crippen LogP contribution in [0.3, 0.4) is 0 Å². The molecule has 21 heavy (non-hydrogen) atoms. The summed E-state index contributed by atoms with van der Waals surface area (Å²) in [6.07, 6.45) is 0. The van der Waals surface area contributed by atoms with E-state index in [9.17, 15) is 9.18 Å². The van der Waals surface area contributed by atoms with E-state index in [2.05, 4.69) is 31.9 Å². The Morgan fingerprint density at radius 1 is 1.29 bits per heavy atom. The molecule has 0 N–H and O–H groups in total. The molecule has 3 aromatic rings. The zero-order chi connectivity index (χ0) is 15.1. The number of aromatic nitrogens is 1. The number of hydrogen-bond acceptors (Lipinski definition) is 2. The molecule has 0 saturated carbocycles. The van der Waals surface area contributed by atoms with Crippen LogP contribution in [0.5, 0.6) is 0 Å². The fourth-order valence-electron chi connectivity index (χ4n) is 2.20. The maximum atomic E-state index is 13.6. The van der Waals surface area contributed by atoms with Gasteiger partial charge in [0.15, 0.2) is 5.58 Å². The lowest BCUT2D eigenvalue weighted by Gasteiger charge is -2.13. The Bertz CT molecular complexity index is 885. The first-order valence-corrected chi connectivity index (χ1v) is 7.87. The minimum Gasteiger partial charge on any atom is -0.408 e. The van der Waals surface area contributed by atoms with Crippen molar-refractivity contribution in [3.05, 3.63) is 68.4 Å². The van der Waals surface area contributed by atoms with Crippen molar-refractivity contribution in [2.45, 2.75) is 4.83 Å². The van der Waals surface area contributed by atoms with Crippen LogP contribution in [0.25, 0.3) is 11.1 Å². The number of oxazole rings is 1. The molecular weight excluding hydrogens is 405 g/mol. The molecule has 0 saturated heterocycles. The molecule has 0 fully saturated rings. The first-order chi connectivity index (χ1) is 9.99. The Morgan fingerprint density at radius 2 is 2.05 bits per heavy atom. The average molecular weight is 415 g/mol. The third-order valence-electron chi connectivity index (χ3n) is 3.36. The third kappa shape index (κ3) is 2.46. The van der Waals surface area contributed by atoms with Gasteiger partial charge in [0.05, 0.1) is 14.8 Å². The highest BCUT2D eigenvalue weighted by Gasteiger charge is 2.17. The fraction of sp³-hybridized carbons (Fsp3) is 0.133. The quantitative estimate of drug-likeness (QED) is 0.578. The van der Waals surface area contributed by atoms with Crippen molar-refractivity contribution in [1.82, 2.24) is 4.57 Å².